The molecule has 3 heteroatoms. The first kappa shape index (κ1) is 106. The summed E-state index contributed by atoms with van der Waals surface area (Å²) in [4.78, 5) is 14.7. The van der Waals surface area contributed by atoms with Crippen LogP contribution < -0.4 is 0 Å². The summed E-state index contributed by atoms with van der Waals surface area (Å²) in [5, 5.41) is 0. The van der Waals surface area contributed by atoms with Crippen LogP contribution in [0.1, 0.15) is 503 Å². The summed E-state index contributed by atoms with van der Waals surface area (Å²) in [5.74, 6) is 12.1. The van der Waals surface area contributed by atoms with E-state index in [-0.39, 0.29) is 16.6 Å². The van der Waals surface area contributed by atoms with Crippen molar-refractivity contribution >= 4 is 5.91 Å². The maximum absolute atomic E-state index is 12.6. The molecule has 3 nitrogen and oxygen atoms in total. The molecule has 0 N–H and O–H groups in total. The monoisotopic (exact) mass is 1530 g/mol. The summed E-state index contributed by atoms with van der Waals surface area (Å²) in [7, 11) is 2.03. The SMILES string of the molecule is CC.CC.CC.CC.CC.CC.CC.CC(C)C12CCC(C(C)C)(C1)C2.CC(C)C12CCC(C(C)C)(C1)C2.CC(C)C12CCC(C(C)C)(CC1)C2.CC(C)C12CCC(C(C)C)(CC1)CC2.CC(C)C12CCC(C(C)C)(CC1)N(C)C2=O.CC(C)C12CCC(C(C)C)(CC1)OC2.CC(C)C12CCCC(C(C)C)(CC1)C2. The van der Waals surface area contributed by atoms with Crippen molar-refractivity contribution in [2.24, 2.45) is 148 Å². The number of ether oxygens (including phenoxy) is 1. The third-order valence-corrected chi connectivity index (χ3v) is 37.4. The van der Waals surface area contributed by atoms with Crippen LogP contribution in [-0.4, -0.2) is 35.6 Å². The number of fused-ring (bicyclic) bond motifs is 15. The lowest BCUT2D eigenvalue weighted by Gasteiger charge is -2.61. The molecule has 19 fully saturated rings. The molecule has 0 spiro atoms. The first-order chi connectivity index (χ1) is 50.9. The topological polar surface area (TPSA) is 29.5 Å². The Balaban J connectivity index is 0.000000619. The normalized spacial score (nSPS) is 37.7. The molecular weight excluding hydrogens is 1320 g/mol. The van der Waals surface area contributed by atoms with Crippen LogP contribution in [0, 0.1) is 148 Å². The Morgan fingerprint density at radius 1 is 0.220 bits per heavy atom. The first-order valence-corrected chi connectivity index (χ1v) is 49.8. The maximum Gasteiger partial charge on any atom is 0.229 e. The molecule has 19 rings (SSSR count). The molecule has 0 radical (unpaired) electrons. The van der Waals surface area contributed by atoms with Gasteiger partial charge >= 0.3 is 0 Å². The molecule has 1 amide bonds. The number of nitrogens with zero attached hydrogens (tertiary/aromatic N) is 1. The van der Waals surface area contributed by atoms with Crippen molar-refractivity contribution in [2.45, 2.75) is 514 Å². The first-order valence-electron chi connectivity index (χ1n) is 49.8. The predicted octanol–water partition coefficient (Wildman–Crippen LogP) is 35.1. The fourth-order valence-corrected chi connectivity index (χ4v) is 26.4. The van der Waals surface area contributed by atoms with Crippen molar-refractivity contribution in [2.75, 3.05) is 13.7 Å². The van der Waals surface area contributed by atoms with Gasteiger partial charge in [0.25, 0.3) is 0 Å². The Bertz CT molecular complexity index is 2180. The summed E-state index contributed by atoms with van der Waals surface area (Å²) in [6, 6.07) is 0. The highest BCUT2D eigenvalue weighted by Crippen LogP contribution is 2.74. The van der Waals surface area contributed by atoms with Gasteiger partial charge in [-0.05, 0) is 348 Å². The van der Waals surface area contributed by atoms with E-state index in [0.29, 0.717) is 29.1 Å². The van der Waals surface area contributed by atoms with Crippen molar-refractivity contribution in [1.82, 2.24) is 4.90 Å². The lowest BCUT2D eigenvalue weighted by Crippen LogP contribution is -2.67. The van der Waals surface area contributed by atoms with Crippen LogP contribution in [0.25, 0.3) is 0 Å². The highest BCUT2D eigenvalue weighted by molar-refractivity contribution is 5.85. The number of hydrogen-bond acceptors (Lipinski definition) is 2. The van der Waals surface area contributed by atoms with Crippen LogP contribution in [0.15, 0.2) is 0 Å². The van der Waals surface area contributed by atoms with Crippen LogP contribution in [-0.2, 0) is 9.53 Å². The van der Waals surface area contributed by atoms with Gasteiger partial charge in [-0.25, -0.2) is 0 Å². The second kappa shape index (κ2) is 43.9. The molecule has 4 heterocycles. The van der Waals surface area contributed by atoms with E-state index in [4.69, 9.17) is 4.74 Å². The van der Waals surface area contributed by atoms with E-state index in [1.165, 1.54) is 199 Å². The van der Waals surface area contributed by atoms with Gasteiger partial charge in [-0.3, -0.25) is 4.79 Å². The molecule has 0 aromatic rings. The highest BCUT2D eigenvalue weighted by Gasteiger charge is 2.65. The number of rotatable bonds is 14. The minimum absolute atomic E-state index is 0.0363. The number of piperidine rings is 2. The zero-order valence-electron chi connectivity index (χ0n) is 83.9. The second-order valence-corrected chi connectivity index (χ2v) is 43.5. The zero-order chi connectivity index (χ0) is 85.0. The molecule has 2 unspecified atom stereocenters. The van der Waals surface area contributed by atoms with Gasteiger partial charge in [0.15, 0.2) is 0 Å². The largest absolute Gasteiger partial charge is 0.374 e. The second-order valence-electron chi connectivity index (χ2n) is 43.5. The van der Waals surface area contributed by atoms with Crippen molar-refractivity contribution in [3.05, 3.63) is 0 Å². The van der Waals surface area contributed by atoms with Crippen molar-refractivity contribution in [3.8, 4) is 0 Å². The molecule has 4 aliphatic heterocycles. The number of carbonyl (C=O) groups is 1. The summed E-state index contributed by atoms with van der Waals surface area (Å²) < 4.78 is 6.19. The van der Waals surface area contributed by atoms with Crippen LogP contribution in [0.4, 0.5) is 0 Å². The molecule has 15 aliphatic carbocycles. The molecule has 15 saturated carbocycles. The van der Waals surface area contributed by atoms with E-state index in [1.807, 2.05) is 104 Å². The van der Waals surface area contributed by atoms with Crippen molar-refractivity contribution in [1.29, 1.82) is 0 Å². The molecule has 19 aliphatic rings. The minimum atomic E-state index is -0.0363. The van der Waals surface area contributed by atoms with Crippen molar-refractivity contribution in [3.63, 3.8) is 0 Å². The number of carbonyl (C=O) groups excluding carboxylic acids is 1. The molecule has 652 valence electrons. The van der Waals surface area contributed by atoms with E-state index in [0.717, 1.165) is 139 Å². The van der Waals surface area contributed by atoms with E-state index in [2.05, 4.69) is 199 Å². The fourth-order valence-electron chi connectivity index (χ4n) is 26.4. The minimum Gasteiger partial charge on any atom is -0.374 e. The summed E-state index contributed by atoms with van der Waals surface area (Å²) in [6.07, 6.45) is 48.0. The third-order valence-electron chi connectivity index (χ3n) is 37.4. The van der Waals surface area contributed by atoms with Gasteiger partial charge in [0.2, 0.25) is 5.91 Å². The van der Waals surface area contributed by atoms with Crippen LogP contribution >= 0.6 is 0 Å². The van der Waals surface area contributed by atoms with Gasteiger partial charge in [0.1, 0.15) is 0 Å². The summed E-state index contributed by atoms with van der Waals surface area (Å²) >= 11 is 0. The molecule has 0 aromatic carbocycles. The van der Waals surface area contributed by atoms with Crippen LogP contribution in [0.2, 0.25) is 0 Å². The Labute approximate surface area is 691 Å². The average molecular weight is 1530 g/mol. The van der Waals surface area contributed by atoms with Gasteiger partial charge < -0.3 is 9.64 Å². The maximum atomic E-state index is 12.6. The Hall–Kier alpha value is -0.570. The van der Waals surface area contributed by atoms with E-state index in [1.54, 1.807) is 0 Å². The smallest absolute Gasteiger partial charge is 0.229 e. The standard InChI is InChI=1S/C14H25NO.2C14H26.C13H24O.C13H24.2C12H22.7C2H6/c1-10(2)13-6-8-14(9-7-13,11(3)4)15(5)12(13)16;1-11(2)13-5-8-14(9-6-13,10-7-13)12(3)4;1-11(2)13-6-5-7-14(10-13,9-8-13)12(3)4;1-10(2)12-5-7-13(8-6-12,11(3)4)14-9-12;1-10(2)12-5-7-13(9-12,8-6-12)11(3)4;2*1-9(2)11-5-6-12(7-11,8-11)10(3)4;7*1-2/h10-11H,6-9H2,1-5H3;2*11-12H,5-10H2,1-4H3;10-11H,5-9H2,1-4H3;10-11H,5-9H2,1-4H3;2*9-10H,5-8H2,1-4H3;7*1-2H3. The number of hydrogen-bond donors (Lipinski definition) is 0. The Morgan fingerprint density at radius 2 is 0.422 bits per heavy atom. The van der Waals surface area contributed by atoms with E-state index >= 15 is 0 Å². The molecule has 109 heavy (non-hydrogen) atoms. The van der Waals surface area contributed by atoms with Gasteiger partial charge in [-0.2, -0.15) is 0 Å². The van der Waals surface area contributed by atoms with Gasteiger partial charge in [0.05, 0.1) is 17.6 Å². The van der Waals surface area contributed by atoms with Crippen LogP contribution in [0.5, 0.6) is 0 Å². The molecule has 0 aromatic heterocycles. The number of amides is 1. The Morgan fingerprint density at radius 3 is 0.596 bits per heavy atom. The predicted molar refractivity (Wildman–Crippen MR) is 493 cm³/mol. The lowest BCUT2D eigenvalue weighted by molar-refractivity contribution is -0.214. The summed E-state index contributed by atoms with van der Waals surface area (Å²) in [5.41, 5.74) is 8.50. The lowest BCUT2D eigenvalue weighted by atomic mass is 9.48. The zero-order valence-corrected chi connectivity index (χ0v) is 83.9. The van der Waals surface area contributed by atoms with Gasteiger partial charge in [-0.15, -0.1) is 0 Å². The average Bonchev–Trinajstić information content (AvgIpc) is 1.30. The van der Waals surface area contributed by atoms with Crippen molar-refractivity contribution < 1.29 is 9.53 Å². The fraction of sp³-hybridized carbons (Fsp3) is 0.991. The Kier molecular flexibility index (Phi) is 42.9. The molecular formula is C106H211NO2. The third kappa shape index (κ3) is 21.7. The highest BCUT2D eigenvalue weighted by atomic mass is 16.5. The molecule has 14 bridgehead atoms. The molecule has 4 saturated heterocycles. The summed E-state index contributed by atoms with van der Waals surface area (Å²) in [6.45, 7) is 95.9. The van der Waals surface area contributed by atoms with E-state index in [9.17, 15) is 4.79 Å². The van der Waals surface area contributed by atoms with Crippen LogP contribution in [0.3, 0.4) is 0 Å². The van der Waals surface area contributed by atoms with Gasteiger partial charge in [-0.1, -0.05) is 297 Å². The van der Waals surface area contributed by atoms with E-state index < -0.39 is 0 Å². The quantitative estimate of drug-likeness (QED) is 0.173. The molecule has 2 atom stereocenters. The van der Waals surface area contributed by atoms with Gasteiger partial charge in [0, 0.05) is 12.6 Å².